The van der Waals surface area contributed by atoms with Gasteiger partial charge in [0.25, 0.3) is 5.91 Å². The van der Waals surface area contributed by atoms with Gasteiger partial charge in [-0.1, -0.05) is 17.3 Å². The van der Waals surface area contributed by atoms with Crippen molar-refractivity contribution >= 4 is 11.9 Å². The molecule has 1 atom stereocenters. The average Bonchev–Trinajstić information content (AvgIpc) is 3.05. The number of nitriles is 1. The molecule has 2 aromatic rings. The monoisotopic (exact) mass is 310 g/mol. The van der Waals surface area contributed by atoms with Crippen molar-refractivity contribution < 1.29 is 14.1 Å². The van der Waals surface area contributed by atoms with Crippen LogP contribution in [-0.4, -0.2) is 22.0 Å². The Morgan fingerprint density at radius 1 is 1.35 bits per heavy atom. The number of rotatable bonds is 3. The topological polar surface area (TPSA) is 99.2 Å². The van der Waals surface area contributed by atoms with Crippen LogP contribution < -0.4 is 5.32 Å². The molecule has 23 heavy (non-hydrogen) atoms. The number of carbonyl (C=O) groups excluding carboxylic acids is 2. The first-order chi connectivity index (χ1) is 10.9. The summed E-state index contributed by atoms with van der Waals surface area (Å²) in [5.74, 6) is 0.245. The number of hydrogen-bond donors (Lipinski definition) is 1. The maximum absolute atomic E-state index is 12.7. The summed E-state index contributed by atoms with van der Waals surface area (Å²) in [5.41, 5.74) is 0.455. The quantitative estimate of drug-likeness (QED) is 0.872. The van der Waals surface area contributed by atoms with Crippen molar-refractivity contribution in [2.45, 2.75) is 25.9 Å². The number of hydrogen-bond acceptors (Lipinski definition) is 5. The van der Waals surface area contributed by atoms with Crippen LogP contribution in [-0.2, 0) is 16.9 Å². The third kappa shape index (κ3) is 2.44. The maximum atomic E-state index is 12.7. The molecular formula is C16H14N4O3. The predicted octanol–water partition coefficient (Wildman–Crippen LogP) is 1.82. The van der Waals surface area contributed by atoms with Gasteiger partial charge in [0.2, 0.25) is 0 Å². The molecule has 0 bridgehead atoms. The van der Waals surface area contributed by atoms with Crippen LogP contribution in [0, 0.1) is 18.3 Å². The second-order valence-corrected chi connectivity index (χ2v) is 5.56. The second kappa shape index (κ2) is 5.25. The standard InChI is InChI=1S/C16H14N4O3/c1-10-7-13(19-23-10)9-20-14(21)16(2,18-15(20)22)12-5-3-11(8-17)4-6-12/h3-7H,9H2,1-2H3,(H,18,22)/t16-/m1/s1. The first-order valence-electron chi connectivity index (χ1n) is 7.01. The fraction of sp³-hybridized carbons (Fsp3) is 0.250. The van der Waals surface area contributed by atoms with E-state index in [9.17, 15) is 9.59 Å². The molecule has 2 heterocycles. The molecule has 0 spiro atoms. The molecule has 1 fully saturated rings. The highest BCUT2D eigenvalue weighted by molar-refractivity contribution is 6.07. The van der Waals surface area contributed by atoms with Gasteiger partial charge in [0.05, 0.1) is 18.2 Å². The lowest BCUT2D eigenvalue weighted by molar-refractivity contribution is -0.131. The average molecular weight is 310 g/mol. The number of urea groups is 1. The molecule has 116 valence electrons. The highest BCUT2D eigenvalue weighted by Gasteiger charge is 2.49. The van der Waals surface area contributed by atoms with E-state index in [4.69, 9.17) is 9.78 Å². The van der Waals surface area contributed by atoms with Crippen molar-refractivity contribution in [3.63, 3.8) is 0 Å². The molecule has 1 saturated heterocycles. The van der Waals surface area contributed by atoms with Gasteiger partial charge in [-0.25, -0.2) is 4.79 Å². The molecule has 0 unspecified atom stereocenters. The van der Waals surface area contributed by atoms with E-state index in [1.807, 2.05) is 6.07 Å². The van der Waals surface area contributed by atoms with Crippen molar-refractivity contribution in [1.29, 1.82) is 5.26 Å². The molecule has 1 aromatic heterocycles. The molecule has 1 aliphatic rings. The molecule has 3 rings (SSSR count). The van der Waals surface area contributed by atoms with Gasteiger partial charge in [-0.05, 0) is 31.5 Å². The van der Waals surface area contributed by atoms with E-state index in [1.165, 1.54) is 0 Å². The van der Waals surface area contributed by atoms with Gasteiger partial charge in [-0.15, -0.1) is 0 Å². The number of amides is 3. The summed E-state index contributed by atoms with van der Waals surface area (Å²) in [6.07, 6.45) is 0. The first-order valence-corrected chi connectivity index (χ1v) is 7.01. The largest absolute Gasteiger partial charge is 0.361 e. The van der Waals surface area contributed by atoms with E-state index in [2.05, 4.69) is 10.5 Å². The van der Waals surface area contributed by atoms with E-state index in [0.29, 0.717) is 22.6 Å². The molecule has 0 radical (unpaired) electrons. The number of aromatic nitrogens is 1. The molecule has 1 aliphatic heterocycles. The van der Waals surface area contributed by atoms with Gasteiger partial charge in [-0.2, -0.15) is 5.26 Å². The minimum Gasteiger partial charge on any atom is -0.361 e. The Balaban J connectivity index is 1.88. The Morgan fingerprint density at radius 2 is 2.04 bits per heavy atom. The van der Waals surface area contributed by atoms with E-state index in [0.717, 1.165) is 4.90 Å². The van der Waals surface area contributed by atoms with Crippen molar-refractivity contribution in [1.82, 2.24) is 15.4 Å². The van der Waals surface area contributed by atoms with Crippen LogP contribution in [0.5, 0.6) is 0 Å². The van der Waals surface area contributed by atoms with Gasteiger partial charge in [0, 0.05) is 6.07 Å². The van der Waals surface area contributed by atoms with Crippen LogP contribution in [0.3, 0.4) is 0 Å². The van der Waals surface area contributed by atoms with Crippen LogP contribution in [0.4, 0.5) is 4.79 Å². The highest BCUT2D eigenvalue weighted by atomic mass is 16.5. The normalized spacial score (nSPS) is 20.5. The Bertz CT molecular complexity index is 819. The Morgan fingerprint density at radius 3 is 2.61 bits per heavy atom. The van der Waals surface area contributed by atoms with Gasteiger partial charge >= 0.3 is 6.03 Å². The summed E-state index contributed by atoms with van der Waals surface area (Å²) in [5, 5.41) is 15.4. The minimum absolute atomic E-state index is 0.0495. The third-order valence-electron chi connectivity index (χ3n) is 3.86. The lowest BCUT2D eigenvalue weighted by Gasteiger charge is -2.22. The number of carbonyl (C=O) groups is 2. The predicted molar refractivity (Wildman–Crippen MR) is 78.8 cm³/mol. The van der Waals surface area contributed by atoms with Gasteiger partial charge in [-0.3, -0.25) is 9.69 Å². The van der Waals surface area contributed by atoms with E-state index in [-0.39, 0.29) is 12.5 Å². The summed E-state index contributed by atoms with van der Waals surface area (Å²) >= 11 is 0. The zero-order valence-electron chi connectivity index (χ0n) is 12.7. The zero-order valence-corrected chi connectivity index (χ0v) is 12.7. The van der Waals surface area contributed by atoms with Gasteiger partial charge < -0.3 is 9.84 Å². The lowest BCUT2D eigenvalue weighted by atomic mass is 9.91. The Kier molecular flexibility index (Phi) is 3.37. The fourth-order valence-corrected chi connectivity index (χ4v) is 2.57. The van der Waals surface area contributed by atoms with Crippen molar-refractivity contribution in [2.75, 3.05) is 0 Å². The molecule has 0 aliphatic carbocycles. The summed E-state index contributed by atoms with van der Waals surface area (Å²) in [7, 11) is 0. The van der Waals surface area contributed by atoms with Crippen LogP contribution >= 0.6 is 0 Å². The van der Waals surface area contributed by atoms with Gasteiger partial charge in [0.1, 0.15) is 17.0 Å². The fourth-order valence-electron chi connectivity index (χ4n) is 2.57. The highest BCUT2D eigenvalue weighted by Crippen LogP contribution is 2.29. The summed E-state index contributed by atoms with van der Waals surface area (Å²) in [6.45, 7) is 3.43. The van der Waals surface area contributed by atoms with E-state index < -0.39 is 11.6 Å². The number of benzene rings is 1. The van der Waals surface area contributed by atoms with Crippen LogP contribution in [0.15, 0.2) is 34.9 Å². The Labute approximate surface area is 132 Å². The van der Waals surface area contributed by atoms with Crippen molar-refractivity contribution in [3.8, 4) is 6.07 Å². The minimum atomic E-state index is -1.16. The molecule has 3 amide bonds. The van der Waals surface area contributed by atoms with E-state index in [1.54, 1.807) is 44.2 Å². The number of imide groups is 1. The van der Waals surface area contributed by atoms with Crippen molar-refractivity contribution in [3.05, 3.63) is 52.9 Å². The second-order valence-electron chi connectivity index (χ2n) is 5.56. The third-order valence-corrected chi connectivity index (χ3v) is 3.86. The van der Waals surface area contributed by atoms with E-state index >= 15 is 0 Å². The first kappa shape index (κ1) is 14.8. The summed E-state index contributed by atoms with van der Waals surface area (Å²) < 4.78 is 4.96. The maximum Gasteiger partial charge on any atom is 0.325 e. The molecule has 7 nitrogen and oxygen atoms in total. The van der Waals surface area contributed by atoms with Crippen LogP contribution in [0.25, 0.3) is 0 Å². The molecule has 1 aromatic carbocycles. The number of nitrogens with one attached hydrogen (secondary N) is 1. The lowest BCUT2D eigenvalue weighted by Crippen LogP contribution is -2.40. The van der Waals surface area contributed by atoms with Gasteiger partial charge in [0.15, 0.2) is 0 Å². The Hall–Kier alpha value is -3.14. The molecular weight excluding hydrogens is 296 g/mol. The van der Waals surface area contributed by atoms with Crippen molar-refractivity contribution in [2.24, 2.45) is 0 Å². The summed E-state index contributed by atoms with van der Waals surface area (Å²) in [4.78, 5) is 26.0. The molecule has 7 heteroatoms. The number of aryl methyl sites for hydroxylation is 1. The summed E-state index contributed by atoms with van der Waals surface area (Å²) in [6, 6.07) is 9.78. The van der Waals surface area contributed by atoms with Crippen LogP contribution in [0.2, 0.25) is 0 Å². The van der Waals surface area contributed by atoms with Crippen LogP contribution in [0.1, 0.15) is 29.5 Å². The molecule has 0 saturated carbocycles. The number of nitrogens with zero attached hydrogens (tertiary/aromatic N) is 3. The zero-order chi connectivity index (χ0) is 16.6. The SMILES string of the molecule is Cc1cc(CN2C(=O)N[C@](C)(c3ccc(C#N)cc3)C2=O)no1. The smallest absolute Gasteiger partial charge is 0.325 e. The molecule has 1 N–H and O–H groups in total.